The van der Waals surface area contributed by atoms with E-state index in [4.69, 9.17) is 5.73 Å². The highest BCUT2D eigenvalue weighted by Gasteiger charge is 2.26. The van der Waals surface area contributed by atoms with Gasteiger partial charge in [0.2, 0.25) is 0 Å². The average molecular weight is 196 g/mol. The SMILES string of the molecule is CC1CCCCC1CN1CC[C@@H](N)C1. The largest absolute Gasteiger partial charge is 0.326 e. The van der Waals surface area contributed by atoms with Crippen molar-refractivity contribution < 1.29 is 0 Å². The second kappa shape index (κ2) is 4.63. The van der Waals surface area contributed by atoms with Crippen LogP contribution in [0.4, 0.5) is 0 Å². The first-order chi connectivity index (χ1) is 6.75. The molecule has 82 valence electrons. The van der Waals surface area contributed by atoms with Crippen molar-refractivity contribution >= 4 is 0 Å². The third-order valence-electron chi connectivity index (χ3n) is 4.09. The first-order valence-corrected chi connectivity index (χ1v) is 6.23. The lowest BCUT2D eigenvalue weighted by Gasteiger charge is -2.32. The zero-order valence-electron chi connectivity index (χ0n) is 9.41. The lowest BCUT2D eigenvalue weighted by molar-refractivity contribution is 0.179. The maximum absolute atomic E-state index is 5.92. The summed E-state index contributed by atoms with van der Waals surface area (Å²) in [5.74, 6) is 1.90. The molecule has 2 aliphatic rings. The molecule has 2 fully saturated rings. The van der Waals surface area contributed by atoms with Gasteiger partial charge in [-0.2, -0.15) is 0 Å². The van der Waals surface area contributed by atoms with E-state index < -0.39 is 0 Å². The second-order valence-corrected chi connectivity index (χ2v) is 5.33. The molecule has 2 unspecified atom stereocenters. The lowest BCUT2D eigenvalue weighted by Crippen LogP contribution is -2.34. The summed E-state index contributed by atoms with van der Waals surface area (Å²) >= 11 is 0. The van der Waals surface area contributed by atoms with Crippen LogP contribution in [0.2, 0.25) is 0 Å². The van der Waals surface area contributed by atoms with Gasteiger partial charge >= 0.3 is 0 Å². The Balaban J connectivity index is 1.78. The van der Waals surface area contributed by atoms with Gasteiger partial charge in [-0.15, -0.1) is 0 Å². The molecule has 1 aliphatic carbocycles. The normalized spacial score (nSPS) is 40.3. The van der Waals surface area contributed by atoms with Crippen molar-refractivity contribution in [1.29, 1.82) is 0 Å². The third kappa shape index (κ3) is 2.48. The zero-order valence-corrected chi connectivity index (χ0v) is 9.41. The van der Waals surface area contributed by atoms with E-state index in [-0.39, 0.29) is 0 Å². The highest BCUT2D eigenvalue weighted by molar-refractivity contribution is 4.82. The average Bonchev–Trinajstić information content (AvgIpc) is 2.56. The first-order valence-electron chi connectivity index (χ1n) is 6.23. The predicted molar refractivity (Wildman–Crippen MR) is 60.2 cm³/mol. The van der Waals surface area contributed by atoms with Crippen LogP contribution in [-0.4, -0.2) is 30.6 Å². The van der Waals surface area contributed by atoms with Crippen molar-refractivity contribution in [2.24, 2.45) is 17.6 Å². The molecule has 0 spiro atoms. The predicted octanol–water partition coefficient (Wildman–Crippen LogP) is 1.85. The van der Waals surface area contributed by atoms with E-state index >= 15 is 0 Å². The Kier molecular flexibility index (Phi) is 3.45. The smallest absolute Gasteiger partial charge is 0.0180 e. The Hall–Kier alpha value is -0.0800. The Morgan fingerprint density at radius 2 is 2.00 bits per heavy atom. The van der Waals surface area contributed by atoms with E-state index in [0.29, 0.717) is 6.04 Å². The molecule has 0 amide bonds. The zero-order chi connectivity index (χ0) is 9.97. The number of rotatable bonds is 2. The van der Waals surface area contributed by atoms with Crippen LogP contribution < -0.4 is 5.73 Å². The Bertz CT molecular complexity index is 181. The fraction of sp³-hybridized carbons (Fsp3) is 1.00. The molecule has 0 radical (unpaired) electrons. The van der Waals surface area contributed by atoms with Gasteiger partial charge in [-0.05, 0) is 31.2 Å². The molecular weight excluding hydrogens is 172 g/mol. The number of hydrogen-bond acceptors (Lipinski definition) is 2. The topological polar surface area (TPSA) is 29.3 Å². The van der Waals surface area contributed by atoms with E-state index in [0.717, 1.165) is 18.4 Å². The van der Waals surface area contributed by atoms with E-state index in [1.54, 1.807) is 0 Å². The molecule has 0 aromatic carbocycles. The third-order valence-corrected chi connectivity index (χ3v) is 4.09. The summed E-state index contributed by atoms with van der Waals surface area (Å²) in [5, 5.41) is 0. The summed E-state index contributed by atoms with van der Waals surface area (Å²) in [5.41, 5.74) is 5.92. The molecule has 0 aromatic rings. The molecule has 3 atom stereocenters. The van der Waals surface area contributed by atoms with Gasteiger partial charge in [0.1, 0.15) is 0 Å². The van der Waals surface area contributed by atoms with Crippen molar-refractivity contribution in [3.05, 3.63) is 0 Å². The van der Waals surface area contributed by atoms with Crippen LogP contribution in [0.5, 0.6) is 0 Å². The van der Waals surface area contributed by atoms with Crippen LogP contribution >= 0.6 is 0 Å². The van der Waals surface area contributed by atoms with E-state index in [2.05, 4.69) is 11.8 Å². The van der Waals surface area contributed by atoms with Crippen LogP contribution in [0.3, 0.4) is 0 Å². The molecule has 1 saturated carbocycles. The molecular formula is C12H24N2. The highest BCUT2D eigenvalue weighted by atomic mass is 15.2. The summed E-state index contributed by atoms with van der Waals surface area (Å²) in [7, 11) is 0. The molecule has 14 heavy (non-hydrogen) atoms. The van der Waals surface area contributed by atoms with Crippen molar-refractivity contribution in [2.75, 3.05) is 19.6 Å². The van der Waals surface area contributed by atoms with E-state index in [1.165, 1.54) is 45.2 Å². The maximum Gasteiger partial charge on any atom is 0.0180 e. The first kappa shape index (κ1) is 10.4. The Morgan fingerprint density at radius 3 is 2.64 bits per heavy atom. The van der Waals surface area contributed by atoms with Gasteiger partial charge < -0.3 is 10.6 Å². The van der Waals surface area contributed by atoms with Crippen LogP contribution in [0, 0.1) is 11.8 Å². The summed E-state index contributed by atoms with van der Waals surface area (Å²) in [6.07, 6.45) is 7.02. The molecule has 1 aliphatic heterocycles. The summed E-state index contributed by atoms with van der Waals surface area (Å²) in [4.78, 5) is 2.58. The fourth-order valence-electron chi connectivity index (χ4n) is 3.02. The van der Waals surface area contributed by atoms with Crippen molar-refractivity contribution in [3.63, 3.8) is 0 Å². The van der Waals surface area contributed by atoms with Crippen molar-refractivity contribution in [2.45, 2.75) is 45.1 Å². The number of nitrogens with zero attached hydrogens (tertiary/aromatic N) is 1. The van der Waals surface area contributed by atoms with Crippen LogP contribution in [0.15, 0.2) is 0 Å². The van der Waals surface area contributed by atoms with Crippen LogP contribution in [-0.2, 0) is 0 Å². The van der Waals surface area contributed by atoms with E-state index in [9.17, 15) is 0 Å². The second-order valence-electron chi connectivity index (χ2n) is 5.33. The highest BCUT2D eigenvalue weighted by Crippen LogP contribution is 2.30. The Labute approximate surface area is 87.8 Å². The molecule has 1 saturated heterocycles. The molecule has 0 bridgehead atoms. The lowest BCUT2D eigenvalue weighted by atomic mass is 9.80. The minimum Gasteiger partial charge on any atom is -0.326 e. The van der Waals surface area contributed by atoms with Gasteiger partial charge in [0.25, 0.3) is 0 Å². The number of likely N-dealkylation sites (tertiary alicyclic amines) is 1. The van der Waals surface area contributed by atoms with Gasteiger partial charge in [0.15, 0.2) is 0 Å². The molecule has 2 heteroatoms. The minimum atomic E-state index is 0.453. The van der Waals surface area contributed by atoms with Crippen molar-refractivity contribution in [1.82, 2.24) is 4.90 Å². The number of nitrogens with two attached hydrogens (primary N) is 1. The van der Waals surface area contributed by atoms with Gasteiger partial charge in [-0.25, -0.2) is 0 Å². The maximum atomic E-state index is 5.92. The minimum absolute atomic E-state index is 0.453. The number of hydrogen-bond donors (Lipinski definition) is 1. The van der Waals surface area contributed by atoms with Crippen LogP contribution in [0.1, 0.15) is 39.0 Å². The molecule has 2 N–H and O–H groups in total. The molecule has 2 rings (SSSR count). The van der Waals surface area contributed by atoms with Gasteiger partial charge in [-0.3, -0.25) is 0 Å². The summed E-state index contributed by atoms with van der Waals surface area (Å²) in [6, 6.07) is 0.453. The van der Waals surface area contributed by atoms with Gasteiger partial charge in [0, 0.05) is 19.1 Å². The Morgan fingerprint density at radius 1 is 1.21 bits per heavy atom. The summed E-state index contributed by atoms with van der Waals surface area (Å²) < 4.78 is 0. The van der Waals surface area contributed by atoms with Gasteiger partial charge in [-0.1, -0.05) is 26.2 Å². The quantitative estimate of drug-likeness (QED) is 0.730. The summed E-state index contributed by atoms with van der Waals surface area (Å²) in [6.45, 7) is 6.13. The van der Waals surface area contributed by atoms with E-state index in [1.807, 2.05) is 0 Å². The molecule has 0 aromatic heterocycles. The molecule has 2 nitrogen and oxygen atoms in total. The van der Waals surface area contributed by atoms with Gasteiger partial charge in [0.05, 0.1) is 0 Å². The molecule has 1 heterocycles. The standard InChI is InChI=1S/C12H24N2/c1-10-4-2-3-5-11(10)8-14-7-6-12(13)9-14/h10-12H,2-9,13H2,1H3/t10?,11?,12-/m1/s1. The van der Waals surface area contributed by atoms with Crippen molar-refractivity contribution in [3.8, 4) is 0 Å². The van der Waals surface area contributed by atoms with Crippen LogP contribution in [0.25, 0.3) is 0 Å². The monoisotopic (exact) mass is 196 g/mol. The fourth-order valence-corrected chi connectivity index (χ4v) is 3.02.